The van der Waals surface area contributed by atoms with Crippen molar-refractivity contribution in [3.05, 3.63) is 53.5 Å². The Morgan fingerprint density at radius 1 is 1.24 bits per heavy atom. The monoisotopic (exact) mass is 230 g/mol. The van der Waals surface area contributed by atoms with Crippen LogP contribution in [0.3, 0.4) is 0 Å². The van der Waals surface area contributed by atoms with E-state index in [1.54, 1.807) is 6.26 Å². The molecule has 1 aromatic heterocycles. The average molecular weight is 230 g/mol. The van der Waals surface area contributed by atoms with Gasteiger partial charge in [0.15, 0.2) is 0 Å². The molecule has 0 aliphatic heterocycles. The SMILES string of the molecule is Cc1ccc(N(C)Cc2cc(CN)co2)cc1. The van der Waals surface area contributed by atoms with Crippen molar-refractivity contribution >= 4 is 5.69 Å². The summed E-state index contributed by atoms with van der Waals surface area (Å²) in [7, 11) is 2.05. The molecule has 0 aliphatic carbocycles. The molecule has 0 saturated carbocycles. The van der Waals surface area contributed by atoms with Crippen LogP contribution in [-0.2, 0) is 13.1 Å². The minimum Gasteiger partial charge on any atom is -0.467 e. The van der Waals surface area contributed by atoms with Crippen LogP contribution in [0.2, 0.25) is 0 Å². The molecule has 0 fully saturated rings. The number of rotatable bonds is 4. The molecule has 3 nitrogen and oxygen atoms in total. The number of nitrogens with zero attached hydrogens (tertiary/aromatic N) is 1. The Bertz CT molecular complexity index is 473. The van der Waals surface area contributed by atoms with Crippen LogP contribution in [0.25, 0.3) is 0 Å². The van der Waals surface area contributed by atoms with Crippen LogP contribution < -0.4 is 10.6 Å². The molecule has 0 spiro atoms. The summed E-state index contributed by atoms with van der Waals surface area (Å²) in [4.78, 5) is 2.15. The van der Waals surface area contributed by atoms with Gasteiger partial charge >= 0.3 is 0 Å². The summed E-state index contributed by atoms with van der Waals surface area (Å²) < 4.78 is 5.45. The lowest BCUT2D eigenvalue weighted by molar-refractivity contribution is 0.506. The summed E-state index contributed by atoms with van der Waals surface area (Å²) in [5.41, 5.74) is 9.04. The Morgan fingerprint density at radius 3 is 2.53 bits per heavy atom. The van der Waals surface area contributed by atoms with Crippen molar-refractivity contribution in [1.29, 1.82) is 0 Å². The van der Waals surface area contributed by atoms with E-state index in [4.69, 9.17) is 10.2 Å². The van der Waals surface area contributed by atoms with Gasteiger partial charge in [0.05, 0.1) is 12.8 Å². The highest BCUT2D eigenvalue weighted by Gasteiger charge is 2.05. The van der Waals surface area contributed by atoms with Crippen molar-refractivity contribution in [2.24, 2.45) is 5.73 Å². The van der Waals surface area contributed by atoms with Crippen LogP contribution in [0.15, 0.2) is 41.0 Å². The van der Waals surface area contributed by atoms with E-state index in [1.807, 2.05) is 6.07 Å². The number of aryl methyl sites for hydroxylation is 1. The van der Waals surface area contributed by atoms with E-state index in [1.165, 1.54) is 11.3 Å². The Balaban J connectivity index is 2.05. The van der Waals surface area contributed by atoms with Gasteiger partial charge in [-0.2, -0.15) is 0 Å². The third kappa shape index (κ3) is 2.88. The number of hydrogen-bond acceptors (Lipinski definition) is 3. The van der Waals surface area contributed by atoms with E-state index in [0.29, 0.717) is 6.54 Å². The van der Waals surface area contributed by atoms with E-state index in [2.05, 4.69) is 43.1 Å². The fraction of sp³-hybridized carbons (Fsp3) is 0.286. The highest BCUT2D eigenvalue weighted by molar-refractivity contribution is 5.46. The maximum atomic E-state index is 5.55. The number of nitrogens with two attached hydrogens (primary N) is 1. The fourth-order valence-electron chi connectivity index (χ4n) is 1.74. The van der Waals surface area contributed by atoms with E-state index in [-0.39, 0.29) is 0 Å². The van der Waals surface area contributed by atoms with Gasteiger partial charge in [-0.15, -0.1) is 0 Å². The molecule has 90 valence electrons. The standard InChI is InChI=1S/C14H18N2O/c1-11-3-5-13(6-4-11)16(2)9-14-7-12(8-15)10-17-14/h3-7,10H,8-9,15H2,1-2H3. The Kier molecular flexibility index (Phi) is 3.49. The van der Waals surface area contributed by atoms with Gasteiger partial charge in [-0.25, -0.2) is 0 Å². The molecule has 0 saturated heterocycles. The van der Waals surface area contributed by atoms with E-state index in [0.717, 1.165) is 17.9 Å². The summed E-state index contributed by atoms with van der Waals surface area (Å²) in [6, 6.07) is 10.5. The number of hydrogen-bond donors (Lipinski definition) is 1. The zero-order valence-corrected chi connectivity index (χ0v) is 10.3. The van der Waals surface area contributed by atoms with Crippen molar-refractivity contribution in [3.8, 4) is 0 Å². The minimum atomic E-state index is 0.526. The highest BCUT2D eigenvalue weighted by Crippen LogP contribution is 2.17. The second kappa shape index (κ2) is 5.06. The zero-order valence-electron chi connectivity index (χ0n) is 10.3. The van der Waals surface area contributed by atoms with Crippen LogP contribution in [-0.4, -0.2) is 7.05 Å². The zero-order chi connectivity index (χ0) is 12.3. The molecule has 17 heavy (non-hydrogen) atoms. The minimum absolute atomic E-state index is 0.526. The van der Waals surface area contributed by atoms with Crippen molar-refractivity contribution in [2.75, 3.05) is 11.9 Å². The molecule has 0 aliphatic rings. The average Bonchev–Trinajstić information content (AvgIpc) is 2.77. The first kappa shape index (κ1) is 11.7. The summed E-state index contributed by atoms with van der Waals surface area (Å²) >= 11 is 0. The van der Waals surface area contributed by atoms with Crippen molar-refractivity contribution in [2.45, 2.75) is 20.0 Å². The maximum Gasteiger partial charge on any atom is 0.123 e. The predicted molar refractivity (Wildman–Crippen MR) is 69.9 cm³/mol. The molecule has 3 heteroatoms. The lowest BCUT2D eigenvalue weighted by Gasteiger charge is -2.17. The first-order valence-electron chi connectivity index (χ1n) is 5.73. The first-order valence-corrected chi connectivity index (χ1v) is 5.73. The molecule has 2 rings (SSSR count). The molecule has 0 atom stereocenters. The Hall–Kier alpha value is -1.74. The number of benzene rings is 1. The van der Waals surface area contributed by atoms with Crippen LogP contribution in [0.4, 0.5) is 5.69 Å². The molecule has 0 unspecified atom stereocenters. The molecule has 2 N–H and O–H groups in total. The second-order valence-electron chi connectivity index (χ2n) is 4.32. The van der Waals surface area contributed by atoms with E-state index < -0.39 is 0 Å². The van der Waals surface area contributed by atoms with Crippen molar-refractivity contribution in [1.82, 2.24) is 0 Å². The summed E-state index contributed by atoms with van der Waals surface area (Å²) in [6.45, 7) is 3.37. The van der Waals surface area contributed by atoms with Gasteiger partial charge in [-0.05, 0) is 25.1 Å². The second-order valence-corrected chi connectivity index (χ2v) is 4.32. The molecule has 1 heterocycles. The van der Waals surface area contributed by atoms with E-state index in [9.17, 15) is 0 Å². The van der Waals surface area contributed by atoms with Crippen LogP contribution >= 0.6 is 0 Å². The van der Waals surface area contributed by atoms with Crippen LogP contribution in [0.1, 0.15) is 16.9 Å². The Labute approximate surface area is 102 Å². The van der Waals surface area contributed by atoms with Gasteiger partial charge in [0.2, 0.25) is 0 Å². The normalized spacial score (nSPS) is 10.5. The lowest BCUT2D eigenvalue weighted by Crippen LogP contribution is -2.15. The van der Waals surface area contributed by atoms with Crippen molar-refractivity contribution < 1.29 is 4.42 Å². The van der Waals surface area contributed by atoms with Gasteiger partial charge in [0, 0.05) is 24.8 Å². The van der Waals surface area contributed by atoms with Gasteiger partial charge in [-0.1, -0.05) is 17.7 Å². The molecular weight excluding hydrogens is 212 g/mol. The topological polar surface area (TPSA) is 42.4 Å². The molecular formula is C14H18N2O. The lowest BCUT2D eigenvalue weighted by atomic mass is 10.2. The highest BCUT2D eigenvalue weighted by atomic mass is 16.3. The first-order chi connectivity index (χ1) is 8.19. The molecule has 2 aromatic rings. The smallest absolute Gasteiger partial charge is 0.123 e. The number of anilines is 1. The quantitative estimate of drug-likeness (QED) is 0.878. The van der Waals surface area contributed by atoms with Gasteiger partial charge in [-0.3, -0.25) is 0 Å². The Morgan fingerprint density at radius 2 is 1.94 bits per heavy atom. The van der Waals surface area contributed by atoms with Crippen LogP contribution in [0.5, 0.6) is 0 Å². The van der Waals surface area contributed by atoms with Gasteiger partial charge in [0.1, 0.15) is 5.76 Å². The van der Waals surface area contributed by atoms with Gasteiger partial charge < -0.3 is 15.1 Å². The summed E-state index contributed by atoms with van der Waals surface area (Å²) in [5.74, 6) is 0.938. The fourth-order valence-corrected chi connectivity index (χ4v) is 1.74. The van der Waals surface area contributed by atoms with E-state index >= 15 is 0 Å². The molecule has 0 bridgehead atoms. The third-order valence-electron chi connectivity index (χ3n) is 2.81. The largest absolute Gasteiger partial charge is 0.467 e. The number of furan rings is 1. The summed E-state index contributed by atoms with van der Waals surface area (Å²) in [6.07, 6.45) is 1.72. The third-order valence-corrected chi connectivity index (χ3v) is 2.81. The van der Waals surface area contributed by atoms with Gasteiger partial charge in [0.25, 0.3) is 0 Å². The van der Waals surface area contributed by atoms with Crippen molar-refractivity contribution in [3.63, 3.8) is 0 Å². The summed E-state index contributed by atoms with van der Waals surface area (Å²) in [5, 5.41) is 0. The predicted octanol–water partition coefficient (Wildman–Crippen LogP) is 2.68. The van der Waals surface area contributed by atoms with Crippen LogP contribution in [0, 0.1) is 6.92 Å². The molecule has 0 radical (unpaired) electrons. The maximum absolute atomic E-state index is 5.55. The molecule has 1 aromatic carbocycles. The molecule has 0 amide bonds.